The van der Waals surface area contributed by atoms with E-state index in [1.165, 1.54) is 10.2 Å². The van der Waals surface area contributed by atoms with Crippen LogP contribution in [0.15, 0.2) is 41.3 Å². The van der Waals surface area contributed by atoms with E-state index >= 15 is 0 Å². The zero-order valence-electron chi connectivity index (χ0n) is 21.6. The fraction of sp³-hybridized carbons (Fsp3) is 0.536. The van der Waals surface area contributed by atoms with Crippen LogP contribution in [-0.2, 0) is 19.1 Å². The van der Waals surface area contributed by atoms with E-state index in [4.69, 9.17) is 10.2 Å². The summed E-state index contributed by atoms with van der Waals surface area (Å²) in [5.41, 5.74) is 3.01. The number of fused-ring (bicyclic) bond motifs is 1. The summed E-state index contributed by atoms with van der Waals surface area (Å²) in [5, 5.41) is 9.16. The maximum Gasteiger partial charge on any atom is 0.267 e. The number of alkyl halides is 1. The lowest BCUT2D eigenvalue weighted by Gasteiger charge is -2.49. The molecule has 0 amide bonds. The van der Waals surface area contributed by atoms with E-state index in [1.807, 2.05) is 12.1 Å². The summed E-state index contributed by atoms with van der Waals surface area (Å²) in [7, 11) is 1.72. The standard InChI is InChI=1S/C28H35FN6O/c1-5-23-18-34(25-15-26(36)32(4)35-16-22(11-14-30)31-27(25)35)24(6-2)17-33(23)19(3)20-7-9-21(10-8-20)28(29)12-13-28/h7-10,15-16,19,23-24H,5-6,11-13,17-18H2,1-4H3/t19?,23-,24+/m1/s1. The molecule has 0 N–H and O–H groups in total. The van der Waals surface area contributed by atoms with Crippen LogP contribution in [0.3, 0.4) is 0 Å². The van der Waals surface area contributed by atoms with E-state index in [9.17, 15) is 9.18 Å². The molecule has 36 heavy (non-hydrogen) atoms. The molecule has 3 aromatic rings. The lowest BCUT2D eigenvalue weighted by Crippen LogP contribution is -2.59. The Labute approximate surface area is 211 Å². The van der Waals surface area contributed by atoms with Gasteiger partial charge in [0.2, 0.25) is 0 Å². The quantitative estimate of drug-likeness (QED) is 0.488. The number of piperazine rings is 1. The average molecular weight is 491 g/mol. The summed E-state index contributed by atoms with van der Waals surface area (Å²) < 4.78 is 17.8. The highest BCUT2D eigenvalue weighted by Gasteiger charge is 2.45. The minimum absolute atomic E-state index is 0.0986. The fourth-order valence-electron chi connectivity index (χ4n) is 5.69. The average Bonchev–Trinajstić information content (AvgIpc) is 3.51. The van der Waals surface area contributed by atoms with E-state index in [0.29, 0.717) is 24.2 Å². The number of rotatable bonds is 7. The first-order chi connectivity index (χ1) is 17.3. The zero-order chi connectivity index (χ0) is 25.6. The number of aromatic nitrogens is 3. The van der Waals surface area contributed by atoms with Crippen molar-refractivity contribution in [1.29, 1.82) is 5.26 Å². The molecule has 0 radical (unpaired) electrons. The Morgan fingerprint density at radius 3 is 2.47 bits per heavy atom. The van der Waals surface area contributed by atoms with Gasteiger partial charge in [-0.15, -0.1) is 0 Å². The van der Waals surface area contributed by atoms with Crippen LogP contribution in [0.1, 0.15) is 69.3 Å². The van der Waals surface area contributed by atoms with Crippen molar-refractivity contribution in [3.63, 3.8) is 0 Å². The Kier molecular flexibility index (Phi) is 6.37. The van der Waals surface area contributed by atoms with Gasteiger partial charge in [0.05, 0.1) is 30.1 Å². The van der Waals surface area contributed by atoms with Crippen molar-refractivity contribution in [3.05, 3.63) is 63.7 Å². The molecule has 1 saturated carbocycles. The molecule has 7 nitrogen and oxygen atoms in total. The molecule has 2 fully saturated rings. The molecule has 1 aromatic carbocycles. The Bertz CT molecular complexity index is 1350. The number of anilines is 1. The van der Waals surface area contributed by atoms with Gasteiger partial charge < -0.3 is 4.90 Å². The normalized spacial score (nSPS) is 22.5. The first-order valence-corrected chi connectivity index (χ1v) is 13.1. The van der Waals surface area contributed by atoms with Gasteiger partial charge in [-0.1, -0.05) is 38.1 Å². The Morgan fingerprint density at radius 2 is 1.86 bits per heavy atom. The summed E-state index contributed by atoms with van der Waals surface area (Å²) in [6.45, 7) is 8.27. The van der Waals surface area contributed by atoms with Crippen molar-refractivity contribution in [1.82, 2.24) is 19.1 Å². The molecule has 2 aromatic heterocycles. The van der Waals surface area contributed by atoms with Crippen LogP contribution in [-0.4, -0.2) is 44.3 Å². The predicted molar refractivity (Wildman–Crippen MR) is 139 cm³/mol. The zero-order valence-corrected chi connectivity index (χ0v) is 21.6. The molecule has 3 heterocycles. The molecule has 2 aliphatic rings. The lowest BCUT2D eigenvalue weighted by molar-refractivity contribution is 0.101. The number of hydrogen-bond acceptors (Lipinski definition) is 5. The third-order valence-electron chi connectivity index (χ3n) is 8.22. The van der Waals surface area contributed by atoms with Gasteiger partial charge in [0, 0.05) is 44.3 Å². The summed E-state index contributed by atoms with van der Waals surface area (Å²) in [6, 6.07) is 12.6. The predicted octanol–water partition coefficient (Wildman–Crippen LogP) is 4.50. The minimum Gasteiger partial charge on any atom is -0.362 e. The van der Waals surface area contributed by atoms with E-state index in [1.54, 1.807) is 23.8 Å². The van der Waals surface area contributed by atoms with Crippen LogP contribution < -0.4 is 10.5 Å². The van der Waals surface area contributed by atoms with Crippen LogP contribution in [0.4, 0.5) is 10.1 Å². The summed E-state index contributed by atoms with van der Waals surface area (Å²) in [4.78, 5) is 22.5. The second-order valence-electron chi connectivity index (χ2n) is 10.4. The van der Waals surface area contributed by atoms with Crippen LogP contribution in [0.5, 0.6) is 0 Å². The smallest absolute Gasteiger partial charge is 0.267 e. The molecule has 0 spiro atoms. The molecular formula is C28H35FN6O. The molecular weight excluding hydrogens is 455 g/mol. The minimum atomic E-state index is -1.11. The number of imidazole rings is 1. The Balaban J connectivity index is 1.46. The highest BCUT2D eigenvalue weighted by molar-refractivity contribution is 5.69. The van der Waals surface area contributed by atoms with Gasteiger partial charge in [0.15, 0.2) is 5.65 Å². The van der Waals surface area contributed by atoms with Gasteiger partial charge in [0.25, 0.3) is 5.56 Å². The first-order valence-electron chi connectivity index (χ1n) is 13.1. The molecule has 190 valence electrons. The van der Waals surface area contributed by atoms with Gasteiger partial charge >= 0.3 is 0 Å². The van der Waals surface area contributed by atoms with Gasteiger partial charge in [0.1, 0.15) is 5.67 Å². The van der Waals surface area contributed by atoms with E-state index in [0.717, 1.165) is 37.2 Å². The molecule has 1 aliphatic heterocycles. The maximum atomic E-state index is 14.5. The van der Waals surface area contributed by atoms with Crippen molar-refractivity contribution in [2.75, 3.05) is 18.0 Å². The lowest BCUT2D eigenvalue weighted by atomic mass is 9.96. The van der Waals surface area contributed by atoms with Crippen LogP contribution >= 0.6 is 0 Å². The largest absolute Gasteiger partial charge is 0.362 e. The second-order valence-corrected chi connectivity index (χ2v) is 10.4. The SMILES string of the molecule is CC[C@H]1CN(C(C)c2ccc(C3(F)CC3)cc2)[C@H](CC)CN1c1cc(=O)n(C)n2cc(CC#N)nc12. The van der Waals surface area contributed by atoms with Crippen LogP contribution in [0.2, 0.25) is 0 Å². The third kappa shape index (κ3) is 4.20. The van der Waals surface area contributed by atoms with Crippen molar-refractivity contribution in [2.45, 2.75) is 76.7 Å². The third-order valence-corrected chi connectivity index (χ3v) is 8.22. The van der Waals surface area contributed by atoms with Gasteiger partial charge in [-0.05, 0) is 43.7 Å². The topological polar surface area (TPSA) is 69.6 Å². The summed E-state index contributed by atoms with van der Waals surface area (Å²) in [5.74, 6) is 0. The van der Waals surface area contributed by atoms with Gasteiger partial charge in [-0.2, -0.15) is 5.26 Å². The molecule has 1 unspecified atom stereocenters. The van der Waals surface area contributed by atoms with Crippen molar-refractivity contribution in [2.24, 2.45) is 7.05 Å². The highest BCUT2D eigenvalue weighted by Crippen LogP contribution is 2.49. The van der Waals surface area contributed by atoms with Gasteiger partial charge in [-0.25, -0.2) is 18.6 Å². The van der Waals surface area contributed by atoms with Crippen LogP contribution in [0, 0.1) is 11.3 Å². The first kappa shape index (κ1) is 24.5. The van der Waals surface area contributed by atoms with Crippen molar-refractivity contribution in [3.8, 4) is 6.07 Å². The van der Waals surface area contributed by atoms with Gasteiger partial charge in [-0.3, -0.25) is 9.69 Å². The highest BCUT2D eigenvalue weighted by atomic mass is 19.1. The number of hydrogen-bond donors (Lipinski definition) is 0. The molecule has 8 heteroatoms. The number of halogens is 1. The van der Waals surface area contributed by atoms with Crippen molar-refractivity contribution >= 4 is 11.3 Å². The Morgan fingerprint density at radius 1 is 1.17 bits per heavy atom. The molecule has 0 bridgehead atoms. The maximum absolute atomic E-state index is 14.5. The number of aryl methyl sites for hydroxylation is 1. The number of benzene rings is 1. The number of nitrogens with zero attached hydrogens (tertiary/aromatic N) is 6. The van der Waals surface area contributed by atoms with E-state index in [-0.39, 0.29) is 30.1 Å². The fourth-order valence-corrected chi connectivity index (χ4v) is 5.69. The number of nitriles is 1. The monoisotopic (exact) mass is 490 g/mol. The second kappa shape index (κ2) is 9.36. The van der Waals surface area contributed by atoms with E-state index in [2.05, 4.69) is 48.8 Å². The Hall–Kier alpha value is -3.18. The summed E-state index contributed by atoms with van der Waals surface area (Å²) in [6.07, 6.45) is 5.15. The van der Waals surface area contributed by atoms with Crippen molar-refractivity contribution < 1.29 is 4.39 Å². The molecule has 5 rings (SSSR count). The summed E-state index contributed by atoms with van der Waals surface area (Å²) >= 11 is 0. The molecule has 1 saturated heterocycles. The van der Waals surface area contributed by atoms with E-state index < -0.39 is 5.67 Å². The van der Waals surface area contributed by atoms with Crippen LogP contribution in [0.25, 0.3) is 5.65 Å². The molecule has 3 atom stereocenters. The molecule has 1 aliphatic carbocycles.